The van der Waals surface area contributed by atoms with E-state index >= 15 is 0 Å². The molecule has 0 aliphatic carbocycles. The van der Waals surface area contributed by atoms with E-state index in [2.05, 4.69) is 17.6 Å². The van der Waals surface area contributed by atoms with Gasteiger partial charge in [-0.3, -0.25) is 9.59 Å². The van der Waals surface area contributed by atoms with Crippen LogP contribution in [0.4, 0.5) is 11.4 Å². The molecular formula is C19H31N4O3+. The first-order valence-corrected chi connectivity index (χ1v) is 9.17. The van der Waals surface area contributed by atoms with Gasteiger partial charge in [-0.1, -0.05) is 0 Å². The lowest BCUT2D eigenvalue weighted by molar-refractivity contribution is -0.909. The van der Waals surface area contributed by atoms with Crippen LogP contribution in [0.1, 0.15) is 37.0 Å². The van der Waals surface area contributed by atoms with E-state index in [0.717, 1.165) is 18.7 Å². The molecule has 1 aromatic carbocycles. The van der Waals surface area contributed by atoms with Crippen molar-refractivity contribution in [1.29, 1.82) is 0 Å². The van der Waals surface area contributed by atoms with Crippen molar-refractivity contribution in [2.24, 2.45) is 0 Å². The lowest BCUT2D eigenvalue weighted by atomic mass is 10.1. The number of amides is 2. The van der Waals surface area contributed by atoms with Crippen LogP contribution in [0.25, 0.3) is 0 Å². The Bertz CT molecular complexity index is 660. The van der Waals surface area contributed by atoms with Crippen molar-refractivity contribution >= 4 is 23.2 Å². The third kappa shape index (κ3) is 4.66. The molecule has 1 heterocycles. The zero-order chi connectivity index (χ0) is 19.3. The Hall–Kier alpha value is -2.28. The minimum absolute atomic E-state index is 0.180. The Morgan fingerprint density at radius 3 is 2.65 bits per heavy atom. The lowest BCUT2D eigenvalue weighted by Crippen LogP contribution is -3.14. The third-order valence-corrected chi connectivity index (χ3v) is 4.95. The van der Waals surface area contributed by atoms with Crippen LogP contribution in [0.5, 0.6) is 5.75 Å². The fraction of sp³-hybridized carbons (Fsp3) is 0.579. The van der Waals surface area contributed by atoms with Crippen molar-refractivity contribution in [3.05, 3.63) is 17.7 Å². The van der Waals surface area contributed by atoms with E-state index in [0.29, 0.717) is 29.6 Å². The van der Waals surface area contributed by atoms with E-state index in [4.69, 9.17) is 4.74 Å². The van der Waals surface area contributed by atoms with Gasteiger partial charge in [0.05, 0.1) is 43.7 Å². The molecule has 0 saturated carbocycles. The first-order chi connectivity index (χ1) is 12.4. The lowest BCUT2D eigenvalue weighted by Gasteiger charge is -2.22. The summed E-state index contributed by atoms with van der Waals surface area (Å²) in [5, 5.41) is 5.84. The van der Waals surface area contributed by atoms with Crippen LogP contribution in [-0.4, -0.2) is 58.7 Å². The summed E-state index contributed by atoms with van der Waals surface area (Å²) in [5.41, 5.74) is 1.80. The highest BCUT2D eigenvalue weighted by Gasteiger charge is 2.28. The van der Waals surface area contributed by atoms with Crippen LogP contribution in [0, 0.1) is 0 Å². The zero-order valence-corrected chi connectivity index (χ0v) is 16.4. The molecular weight excluding hydrogens is 332 g/mol. The molecule has 26 heavy (non-hydrogen) atoms. The fourth-order valence-electron chi connectivity index (χ4n) is 3.58. The molecule has 1 aromatic rings. The van der Waals surface area contributed by atoms with Crippen molar-refractivity contribution < 1.29 is 19.2 Å². The number of nitrogens with one attached hydrogen (secondary N) is 3. The number of quaternary nitrogens is 1. The van der Waals surface area contributed by atoms with Gasteiger partial charge >= 0.3 is 0 Å². The van der Waals surface area contributed by atoms with Crippen molar-refractivity contribution in [2.45, 2.75) is 32.7 Å². The van der Waals surface area contributed by atoms with Gasteiger partial charge in [0.15, 0.2) is 0 Å². The predicted molar refractivity (Wildman–Crippen MR) is 103 cm³/mol. The van der Waals surface area contributed by atoms with E-state index in [1.807, 2.05) is 19.0 Å². The Balaban J connectivity index is 2.22. The molecule has 1 aliphatic rings. The molecule has 1 fully saturated rings. The fourth-order valence-corrected chi connectivity index (χ4v) is 3.58. The molecule has 0 radical (unpaired) electrons. The second-order valence-corrected chi connectivity index (χ2v) is 6.96. The number of likely N-dealkylation sites (N-methyl/N-ethyl adjacent to an activating group) is 1. The molecule has 1 aliphatic heterocycles. The van der Waals surface area contributed by atoms with Gasteiger partial charge in [0.2, 0.25) is 5.91 Å². The van der Waals surface area contributed by atoms with E-state index in [-0.39, 0.29) is 11.8 Å². The molecule has 2 unspecified atom stereocenters. The first-order valence-electron chi connectivity index (χ1n) is 9.17. The normalized spacial score (nSPS) is 19.1. The summed E-state index contributed by atoms with van der Waals surface area (Å²) < 4.78 is 5.43. The van der Waals surface area contributed by atoms with E-state index < -0.39 is 0 Å². The standard InChI is InChI=1S/C19H30N4O3/c1-6-23-9-7-8-14(23)12-20-19(25)15-10-16(21-13(2)24)17(22(3)4)11-18(15)26-5/h10-11,14H,6-9,12H2,1-5H3,(H,20,25)(H,21,24)/p+1. The monoisotopic (exact) mass is 363 g/mol. The van der Waals surface area contributed by atoms with E-state index in [1.165, 1.54) is 19.9 Å². The summed E-state index contributed by atoms with van der Waals surface area (Å²) in [4.78, 5) is 27.7. The molecule has 1 saturated heterocycles. The number of nitrogens with zero attached hydrogens (tertiary/aromatic N) is 1. The number of likely N-dealkylation sites (tertiary alicyclic amines) is 1. The van der Waals surface area contributed by atoms with Crippen LogP contribution < -0.4 is 25.2 Å². The summed E-state index contributed by atoms with van der Waals surface area (Å²) in [7, 11) is 5.30. The van der Waals surface area contributed by atoms with Gasteiger partial charge in [-0.15, -0.1) is 0 Å². The number of rotatable bonds is 7. The quantitative estimate of drug-likeness (QED) is 0.660. The highest BCUT2D eigenvalue weighted by Crippen LogP contribution is 2.33. The van der Waals surface area contributed by atoms with Crippen LogP contribution >= 0.6 is 0 Å². The minimum Gasteiger partial charge on any atom is -0.496 e. The van der Waals surface area contributed by atoms with Gasteiger partial charge < -0.3 is 25.2 Å². The maximum atomic E-state index is 12.8. The summed E-state index contributed by atoms with van der Waals surface area (Å²) in [6.07, 6.45) is 2.34. The summed E-state index contributed by atoms with van der Waals surface area (Å²) in [6.45, 7) is 6.53. The maximum absolute atomic E-state index is 12.8. The van der Waals surface area contributed by atoms with Gasteiger partial charge in [0, 0.05) is 39.9 Å². The highest BCUT2D eigenvalue weighted by molar-refractivity contribution is 6.01. The van der Waals surface area contributed by atoms with Crippen molar-refractivity contribution in [1.82, 2.24) is 5.32 Å². The van der Waals surface area contributed by atoms with Crippen LogP contribution in [0.3, 0.4) is 0 Å². The Morgan fingerprint density at radius 2 is 2.08 bits per heavy atom. The smallest absolute Gasteiger partial charge is 0.255 e. The summed E-state index contributed by atoms with van der Waals surface area (Å²) in [6, 6.07) is 3.93. The SMILES string of the molecule is CC[NH+]1CCCC1CNC(=O)c1cc(NC(C)=O)c(N(C)C)cc1OC. The van der Waals surface area contributed by atoms with Gasteiger partial charge in [0.25, 0.3) is 5.91 Å². The number of benzene rings is 1. The number of hydrogen-bond acceptors (Lipinski definition) is 4. The molecule has 3 N–H and O–H groups in total. The second-order valence-electron chi connectivity index (χ2n) is 6.96. The molecule has 2 rings (SSSR count). The number of hydrogen-bond donors (Lipinski definition) is 3. The van der Waals surface area contributed by atoms with Crippen molar-refractivity contribution in [2.75, 3.05) is 51.1 Å². The number of ether oxygens (including phenoxy) is 1. The molecule has 7 nitrogen and oxygen atoms in total. The molecule has 2 atom stereocenters. The predicted octanol–water partition coefficient (Wildman–Crippen LogP) is 0.517. The van der Waals surface area contributed by atoms with E-state index in [1.54, 1.807) is 24.1 Å². The number of carbonyl (C=O) groups excluding carboxylic acids is 2. The van der Waals surface area contributed by atoms with Crippen molar-refractivity contribution in [3.8, 4) is 5.75 Å². The number of methoxy groups -OCH3 is 1. The maximum Gasteiger partial charge on any atom is 0.255 e. The Labute approximate surface area is 155 Å². The Morgan fingerprint density at radius 1 is 1.35 bits per heavy atom. The zero-order valence-electron chi connectivity index (χ0n) is 16.4. The number of carbonyl (C=O) groups is 2. The highest BCUT2D eigenvalue weighted by atomic mass is 16.5. The average Bonchev–Trinajstić information content (AvgIpc) is 3.06. The Kier molecular flexibility index (Phi) is 6.85. The first kappa shape index (κ1) is 20.0. The second kappa shape index (κ2) is 8.89. The van der Waals surface area contributed by atoms with Crippen LogP contribution in [0.15, 0.2) is 12.1 Å². The molecule has 7 heteroatoms. The summed E-state index contributed by atoms with van der Waals surface area (Å²) in [5.74, 6) is 0.130. The molecule has 0 spiro atoms. The van der Waals surface area contributed by atoms with E-state index in [9.17, 15) is 9.59 Å². The third-order valence-electron chi connectivity index (χ3n) is 4.95. The van der Waals surface area contributed by atoms with Gasteiger partial charge in [-0.05, 0) is 13.0 Å². The van der Waals surface area contributed by atoms with Gasteiger partial charge in [-0.2, -0.15) is 0 Å². The average molecular weight is 363 g/mol. The van der Waals surface area contributed by atoms with Crippen LogP contribution in [0.2, 0.25) is 0 Å². The van der Waals surface area contributed by atoms with Crippen molar-refractivity contribution in [3.63, 3.8) is 0 Å². The minimum atomic E-state index is -0.183. The van der Waals surface area contributed by atoms with Crippen LogP contribution in [-0.2, 0) is 4.79 Å². The van der Waals surface area contributed by atoms with Gasteiger partial charge in [0.1, 0.15) is 11.8 Å². The summed E-state index contributed by atoms with van der Waals surface area (Å²) >= 11 is 0. The largest absolute Gasteiger partial charge is 0.496 e. The molecule has 0 bridgehead atoms. The molecule has 0 aromatic heterocycles. The topological polar surface area (TPSA) is 75.1 Å². The molecule has 144 valence electrons. The van der Waals surface area contributed by atoms with Gasteiger partial charge in [-0.25, -0.2) is 0 Å². The number of anilines is 2. The molecule has 2 amide bonds.